The van der Waals surface area contributed by atoms with E-state index in [1.165, 1.54) is 0 Å². The van der Waals surface area contributed by atoms with E-state index in [0.29, 0.717) is 29.9 Å². The third-order valence-corrected chi connectivity index (χ3v) is 6.62. The molecular formula is C23H23NO3S. The van der Waals surface area contributed by atoms with E-state index in [4.69, 9.17) is 4.74 Å². The molecule has 1 aliphatic rings. The molecule has 0 aliphatic carbocycles. The molecule has 4 rings (SSSR count). The highest BCUT2D eigenvalue weighted by Crippen LogP contribution is 2.31. The molecule has 0 aromatic heterocycles. The molecule has 3 aromatic carbocycles. The van der Waals surface area contributed by atoms with Crippen LogP contribution in [0.15, 0.2) is 89.8 Å². The number of nitrogens with one attached hydrogen (secondary N) is 1. The average Bonchev–Trinajstić information content (AvgIpc) is 2.75. The summed E-state index contributed by atoms with van der Waals surface area (Å²) < 4.78 is 35.2. The standard InChI is InChI=1S/C23H23NO3S/c25-28(26,23-14-8-7-13-21(23)18-9-3-1-4-10-18)24-20-15-16-27-22(17-20)19-11-5-2-6-12-19/h1-14,20,22,24H,15-17H2. The Labute approximate surface area is 166 Å². The van der Waals surface area contributed by atoms with Gasteiger partial charge in [-0.1, -0.05) is 78.9 Å². The number of benzene rings is 3. The molecule has 4 nitrogen and oxygen atoms in total. The van der Waals surface area contributed by atoms with Crippen LogP contribution in [-0.2, 0) is 14.8 Å². The first-order valence-corrected chi connectivity index (χ1v) is 10.9. The lowest BCUT2D eigenvalue weighted by atomic mass is 9.98. The van der Waals surface area contributed by atoms with Crippen LogP contribution in [0, 0.1) is 0 Å². The van der Waals surface area contributed by atoms with E-state index in [9.17, 15) is 8.42 Å². The van der Waals surface area contributed by atoms with Gasteiger partial charge in [-0.25, -0.2) is 13.1 Å². The summed E-state index contributed by atoms with van der Waals surface area (Å²) in [7, 11) is -3.65. The molecule has 2 atom stereocenters. The molecule has 1 fully saturated rings. The lowest BCUT2D eigenvalue weighted by molar-refractivity contribution is 0.00405. The summed E-state index contributed by atoms with van der Waals surface area (Å²) in [6, 6.07) is 26.5. The largest absolute Gasteiger partial charge is 0.373 e. The third kappa shape index (κ3) is 4.17. The van der Waals surface area contributed by atoms with Crippen LogP contribution in [0.5, 0.6) is 0 Å². The van der Waals surface area contributed by atoms with Gasteiger partial charge in [-0.15, -0.1) is 0 Å². The fourth-order valence-corrected chi connectivity index (χ4v) is 5.16. The summed E-state index contributed by atoms with van der Waals surface area (Å²) in [4.78, 5) is 0.309. The number of sulfonamides is 1. The molecule has 5 heteroatoms. The van der Waals surface area contributed by atoms with Gasteiger partial charge in [0.25, 0.3) is 0 Å². The van der Waals surface area contributed by atoms with Crippen LogP contribution in [0.25, 0.3) is 11.1 Å². The molecule has 3 aromatic rings. The number of ether oxygens (including phenoxy) is 1. The Morgan fingerprint density at radius 1 is 0.821 bits per heavy atom. The van der Waals surface area contributed by atoms with Crippen LogP contribution in [0.1, 0.15) is 24.5 Å². The van der Waals surface area contributed by atoms with Crippen molar-refractivity contribution < 1.29 is 13.2 Å². The van der Waals surface area contributed by atoms with Gasteiger partial charge in [-0.3, -0.25) is 0 Å². The monoisotopic (exact) mass is 393 g/mol. The average molecular weight is 394 g/mol. The molecule has 0 spiro atoms. The predicted molar refractivity (Wildman–Crippen MR) is 110 cm³/mol. The second-order valence-electron chi connectivity index (χ2n) is 6.97. The van der Waals surface area contributed by atoms with Crippen LogP contribution in [0.2, 0.25) is 0 Å². The molecule has 28 heavy (non-hydrogen) atoms. The zero-order valence-corrected chi connectivity index (χ0v) is 16.3. The smallest absolute Gasteiger partial charge is 0.241 e. The van der Waals surface area contributed by atoms with Gasteiger partial charge in [-0.2, -0.15) is 0 Å². The molecule has 1 aliphatic heterocycles. The molecule has 1 saturated heterocycles. The van der Waals surface area contributed by atoms with Crippen molar-refractivity contribution in [2.75, 3.05) is 6.61 Å². The van der Waals surface area contributed by atoms with Gasteiger partial charge in [0.15, 0.2) is 0 Å². The van der Waals surface area contributed by atoms with Crippen molar-refractivity contribution in [3.8, 4) is 11.1 Å². The Hall–Kier alpha value is -2.47. The Morgan fingerprint density at radius 2 is 1.46 bits per heavy atom. The maximum atomic E-state index is 13.2. The molecule has 0 amide bonds. The van der Waals surface area contributed by atoms with Crippen LogP contribution >= 0.6 is 0 Å². The van der Waals surface area contributed by atoms with Crippen molar-refractivity contribution in [2.24, 2.45) is 0 Å². The van der Waals surface area contributed by atoms with Gasteiger partial charge in [-0.05, 0) is 30.0 Å². The van der Waals surface area contributed by atoms with Crippen molar-refractivity contribution in [3.63, 3.8) is 0 Å². The van der Waals surface area contributed by atoms with Gasteiger partial charge < -0.3 is 4.74 Å². The van der Waals surface area contributed by atoms with E-state index in [1.807, 2.05) is 72.8 Å². The molecule has 0 saturated carbocycles. The summed E-state index contributed by atoms with van der Waals surface area (Å²) in [6.07, 6.45) is 1.19. The summed E-state index contributed by atoms with van der Waals surface area (Å²) in [5.41, 5.74) is 2.68. The minimum Gasteiger partial charge on any atom is -0.373 e. The number of rotatable bonds is 5. The van der Waals surface area contributed by atoms with E-state index >= 15 is 0 Å². The van der Waals surface area contributed by atoms with E-state index < -0.39 is 10.0 Å². The Kier molecular flexibility index (Phi) is 5.57. The molecule has 1 N–H and O–H groups in total. The second-order valence-corrected chi connectivity index (χ2v) is 8.66. The number of hydrogen-bond acceptors (Lipinski definition) is 3. The Balaban J connectivity index is 1.57. The topological polar surface area (TPSA) is 55.4 Å². The van der Waals surface area contributed by atoms with Gasteiger partial charge in [0.1, 0.15) is 0 Å². The van der Waals surface area contributed by atoms with Crippen LogP contribution in [0.4, 0.5) is 0 Å². The fourth-order valence-electron chi connectivity index (χ4n) is 3.64. The summed E-state index contributed by atoms with van der Waals surface area (Å²) in [5.74, 6) is 0. The Morgan fingerprint density at radius 3 is 2.21 bits per heavy atom. The highest BCUT2D eigenvalue weighted by Gasteiger charge is 2.29. The lowest BCUT2D eigenvalue weighted by Gasteiger charge is -2.30. The van der Waals surface area contributed by atoms with Crippen molar-refractivity contribution in [2.45, 2.75) is 29.9 Å². The quantitative estimate of drug-likeness (QED) is 0.692. The van der Waals surface area contributed by atoms with Gasteiger partial charge in [0.2, 0.25) is 10.0 Å². The molecular weight excluding hydrogens is 370 g/mol. The SMILES string of the molecule is O=S(=O)(NC1CCOC(c2ccccc2)C1)c1ccccc1-c1ccccc1. The van der Waals surface area contributed by atoms with Crippen molar-refractivity contribution >= 4 is 10.0 Å². The minimum atomic E-state index is -3.65. The molecule has 0 bridgehead atoms. The van der Waals surface area contributed by atoms with Crippen LogP contribution in [-0.4, -0.2) is 21.1 Å². The van der Waals surface area contributed by atoms with E-state index in [1.54, 1.807) is 12.1 Å². The lowest BCUT2D eigenvalue weighted by Crippen LogP contribution is -2.39. The second kappa shape index (κ2) is 8.27. The zero-order valence-electron chi connectivity index (χ0n) is 15.5. The van der Waals surface area contributed by atoms with Gasteiger partial charge in [0.05, 0.1) is 11.0 Å². The van der Waals surface area contributed by atoms with Crippen LogP contribution in [0.3, 0.4) is 0 Å². The molecule has 2 unspecified atom stereocenters. The van der Waals surface area contributed by atoms with Gasteiger partial charge in [0, 0.05) is 18.2 Å². The maximum absolute atomic E-state index is 13.2. The van der Waals surface area contributed by atoms with Crippen LogP contribution < -0.4 is 4.72 Å². The highest BCUT2D eigenvalue weighted by atomic mass is 32.2. The number of hydrogen-bond donors (Lipinski definition) is 1. The first-order valence-electron chi connectivity index (χ1n) is 9.47. The first kappa shape index (κ1) is 18.9. The van der Waals surface area contributed by atoms with Gasteiger partial charge >= 0.3 is 0 Å². The van der Waals surface area contributed by atoms with E-state index in [0.717, 1.165) is 11.1 Å². The van der Waals surface area contributed by atoms with E-state index in [-0.39, 0.29) is 12.1 Å². The van der Waals surface area contributed by atoms with Crippen molar-refractivity contribution in [3.05, 3.63) is 90.5 Å². The zero-order chi connectivity index (χ0) is 19.4. The normalized spacial score (nSPS) is 20.0. The molecule has 0 radical (unpaired) electrons. The summed E-state index contributed by atoms with van der Waals surface area (Å²) in [6.45, 7) is 0.535. The minimum absolute atomic E-state index is 0.0907. The van der Waals surface area contributed by atoms with Crippen molar-refractivity contribution in [1.82, 2.24) is 4.72 Å². The third-order valence-electron chi connectivity index (χ3n) is 5.04. The predicted octanol–water partition coefficient (Wildman–Crippen LogP) is 4.55. The summed E-state index contributed by atoms with van der Waals surface area (Å²) in [5, 5.41) is 0. The molecule has 1 heterocycles. The van der Waals surface area contributed by atoms with E-state index in [2.05, 4.69) is 4.72 Å². The highest BCUT2D eigenvalue weighted by molar-refractivity contribution is 7.89. The summed E-state index contributed by atoms with van der Waals surface area (Å²) >= 11 is 0. The molecule has 144 valence electrons. The maximum Gasteiger partial charge on any atom is 0.241 e. The van der Waals surface area contributed by atoms with Crippen molar-refractivity contribution in [1.29, 1.82) is 0 Å². The Bertz CT molecular complexity index is 1020. The fraction of sp³-hybridized carbons (Fsp3) is 0.217. The first-order chi connectivity index (χ1) is 13.6.